The molecule has 0 spiro atoms. The smallest absolute Gasteiger partial charge is 0.191 e. The van der Waals surface area contributed by atoms with E-state index in [0.717, 1.165) is 84.4 Å². The predicted octanol–water partition coefficient (Wildman–Crippen LogP) is 2.33. The van der Waals surface area contributed by atoms with Crippen molar-refractivity contribution in [3.63, 3.8) is 0 Å². The molecule has 0 atom stereocenters. The number of halogens is 1. The molecule has 0 amide bonds. The first-order valence-corrected chi connectivity index (χ1v) is 11.0. The number of ether oxygens (including phenoxy) is 1. The lowest BCUT2D eigenvalue weighted by atomic mass is 10.00. The number of nitrogens with zero attached hydrogens (tertiary/aromatic N) is 3. The second-order valence-electron chi connectivity index (χ2n) is 7.64. The van der Waals surface area contributed by atoms with Crippen LogP contribution in [0.25, 0.3) is 0 Å². The molecule has 0 bridgehead atoms. The molecule has 0 aromatic heterocycles. The first-order valence-electron chi connectivity index (χ1n) is 11.0. The maximum absolute atomic E-state index is 5.40. The Bertz CT molecular complexity index is 607. The zero-order chi connectivity index (χ0) is 19.4. The van der Waals surface area contributed by atoms with Gasteiger partial charge in [-0.25, -0.2) is 0 Å². The van der Waals surface area contributed by atoms with Crippen molar-refractivity contribution in [1.82, 2.24) is 20.4 Å². The van der Waals surface area contributed by atoms with Gasteiger partial charge in [0.1, 0.15) is 0 Å². The summed E-state index contributed by atoms with van der Waals surface area (Å²) in [6.45, 7) is 13.2. The number of benzene rings is 1. The fraction of sp³-hybridized carbons (Fsp3) is 0.682. The van der Waals surface area contributed by atoms with Crippen LogP contribution in [-0.2, 0) is 17.7 Å². The molecule has 1 aromatic carbocycles. The van der Waals surface area contributed by atoms with Gasteiger partial charge in [0.15, 0.2) is 5.96 Å². The van der Waals surface area contributed by atoms with E-state index in [9.17, 15) is 0 Å². The summed E-state index contributed by atoms with van der Waals surface area (Å²) in [5, 5.41) is 6.84. The van der Waals surface area contributed by atoms with Crippen LogP contribution < -0.4 is 10.6 Å². The van der Waals surface area contributed by atoms with Gasteiger partial charge in [-0.05, 0) is 43.9 Å². The van der Waals surface area contributed by atoms with E-state index >= 15 is 0 Å². The molecule has 0 unspecified atom stereocenters. The predicted molar refractivity (Wildman–Crippen MR) is 131 cm³/mol. The molecule has 6 nitrogen and oxygen atoms in total. The SMILES string of the molecule is CCNC(=NCCCN1CCc2ccccc2C1)NCCCN1CCOCC1.I. The van der Waals surface area contributed by atoms with Gasteiger partial charge in [-0.3, -0.25) is 14.8 Å². The van der Waals surface area contributed by atoms with Crippen LogP contribution in [0.1, 0.15) is 30.9 Å². The average Bonchev–Trinajstić information content (AvgIpc) is 2.74. The molecular formula is C22H38IN5O. The summed E-state index contributed by atoms with van der Waals surface area (Å²) in [4.78, 5) is 9.79. The van der Waals surface area contributed by atoms with Crippen LogP contribution in [0.5, 0.6) is 0 Å². The fourth-order valence-electron chi connectivity index (χ4n) is 3.91. The Morgan fingerprint density at radius 1 is 1.00 bits per heavy atom. The molecule has 0 radical (unpaired) electrons. The molecule has 0 aliphatic carbocycles. The number of aliphatic imine (C=N–C) groups is 1. The quantitative estimate of drug-likeness (QED) is 0.229. The lowest BCUT2D eigenvalue weighted by Gasteiger charge is -2.28. The van der Waals surface area contributed by atoms with Gasteiger partial charge in [-0.15, -0.1) is 24.0 Å². The molecule has 164 valence electrons. The van der Waals surface area contributed by atoms with Crippen LogP contribution in [-0.4, -0.2) is 81.3 Å². The topological polar surface area (TPSA) is 52.1 Å². The Labute approximate surface area is 193 Å². The Morgan fingerprint density at radius 2 is 1.76 bits per heavy atom. The van der Waals surface area contributed by atoms with Crippen LogP contribution in [0.2, 0.25) is 0 Å². The Hall–Kier alpha value is -0.900. The third-order valence-corrected chi connectivity index (χ3v) is 5.50. The maximum Gasteiger partial charge on any atom is 0.191 e. The van der Waals surface area contributed by atoms with Gasteiger partial charge in [-0.1, -0.05) is 24.3 Å². The highest BCUT2D eigenvalue weighted by atomic mass is 127. The second kappa shape index (κ2) is 14.2. The Morgan fingerprint density at radius 3 is 2.55 bits per heavy atom. The lowest BCUT2D eigenvalue weighted by molar-refractivity contribution is 0.0376. The lowest BCUT2D eigenvalue weighted by Crippen LogP contribution is -2.40. The molecule has 3 rings (SSSR count). The molecule has 2 aliphatic rings. The zero-order valence-corrected chi connectivity index (χ0v) is 20.2. The molecule has 1 fully saturated rings. The number of hydrogen-bond acceptors (Lipinski definition) is 4. The highest BCUT2D eigenvalue weighted by Gasteiger charge is 2.14. The number of fused-ring (bicyclic) bond motifs is 1. The van der Waals surface area contributed by atoms with E-state index in [1.54, 1.807) is 0 Å². The van der Waals surface area contributed by atoms with Gasteiger partial charge in [-0.2, -0.15) is 0 Å². The third kappa shape index (κ3) is 8.78. The highest BCUT2D eigenvalue weighted by molar-refractivity contribution is 14.0. The van der Waals surface area contributed by atoms with Crippen LogP contribution in [0, 0.1) is 0 Å². The molecular weight excluding hydrogens is 477 g/mol. The minimum absolute atomic E-state index is 0. The summed E-state index contributed by atoms with van der Waals surface area (Å²) in [6, 6.07) is 8.84. The van der Waals surface area contributed by atoms with Crippen LogP contribution in [0.4, 0.5) is 0 Å². The van der Waals surface area contributed by atoms with Crippen molar-refractivity contribution in [2.24, 2.45) is 4.99 Å². The monoisotopic (exact) mass is 515 g/mol. The second-order valence-corrected chi connectivity index (χ2v) is 7.64. The van der Waals surface area contributed by atoms with E-state index in [-0.39, 0.29) is 24.0 Å². The molecule has 2 N–H and O–H groups in total. The summed E-state index contributed by atoms with van der Waals surface area (Å²) in [5.74, 6) is 0.952. The van der Waals surface area contributed by atoms with Gasteiger partial charge >= 0.3 is 0 Å². The maximum atomic E-state index is 5.40. The minimum Gasteiger partial charge on any atom is -0.379 e. The van der Waals surface area contributed by atoms with E-state index in [1.807, 2.05) is 0 Å². The van der Waals surface area contributed by atoms with Crippen molar-refractivity contribution >= 4 is 29.9 Å². The summed E-state index contributed by atoms with van der Waals surface area (Å²) < 4.78 is 5.40. The largest absolute Gasteiger partial charge is 0.379 e. The van der Waals surface area contributed by atoms with Crippen molar-refractivity contribution in [2.45, 2.75) is 32.7 Å². The van der Waals surface area contributed by atoms with Crippen molar-refractivity contribution in [2.75, 3.05) is 65.6 Å². The van der Waals surface area contributed by atoms with E-state index < -0.39 is 0 Å². The number of nitrogens with one attached hydrogen (secondary N) is 2. The Kier molecular flexibility index (Phi) is 11.9. The van der Waals surface area contributed by atoms with Crippen LogP contribution >= 0.6 is 24.0 Å². The number of hydrogen-bond donors (Lipinski definition) is 2. The van der Waals surface area contributed by atoms with Crippen molar-refractivity contribution in [3.05, 3.63) is 35.4 Å². The molecule has 29 heavy (non-hydrogen) atoms. The third-order valence-electron chi connectivity index (χ3n) is 5.50. The molecule has 1 aromatic rings. The van der Waals surface area contributed by atoms with Crippen molar-refractivity contribution in [1.29, 1.82) is 0 Å². The summed E-state index contributed by atoms with van der Waals surface area (Å²) in [7, 11) is 0. The molecule has 0 saturated carbocycles. The van der Waals surface area contributed by atoms with E-state index in [1.165, 1.54) is 24.1 Å². The van der Waals surface area contributed by atoms with Crippen molar-refractivity contribution < 1.29 is 4.74 Å². The molecule has 2 heterocycles. The van der Waals surface area contributed by atoms with Crippen LogP contribution in [0.3, 0.4) is 0 Å². The first-order chi connectivity index (χ1) is 13.8. The summed E-state index contributed by atoms with van der Waals surface area (Å²) in [6.07, 6.45) is 3.41. The van der Waals surface area contributed by atoms with Gasteiger partial charge in [0.2, 0.25) is 0 Å². The van der Waals surface area contributed by atoms with E-state index in [0.29, 0.717) is 0 Å². The number of morpholine rings is 1. The first kappa shape index (κ1) is 24.4. The van der Waals surface area contributed by atoms with Gasteiger partial charge in [0.05, 0.1) is 13.2 Å². The number of guanidine groups is 1. The summed E-state index contributed by atoms with van der Waals surface area (Å²) >= 11 is 0. The van der Waals surface area contributed by atoms with E-state index in [4.69, 9.17) is 9.73 Å². The highest BCUT2D eigenvalue weighted by Crippen LogP contribution is 2.18. The molecule has 1 saturated heterocycles. The minimum atomic E-state index is 0. The fourth-order valence-corrected chi connectivity index (χ4v) is 3.91. The van der Waals surface area contributed by atoms with Crippen LogP contribution in [0.15, 0.2) is 29.3 Å². The van der Waals surface area contributed by atoms with Crippen molar-refractivity contribution in [3.8, 4) is 0 Å². The molecule has 2 aliphatic heterocycles. The van der Waals surface area contributed by atoms with Gasteiger partial charge < -0.3 is 15.4 Å². The average molecular weight is 515 g/mol. The Balaban J connectivity index is 0.00000300. The van der Waals surface area contributed by atoms with Gasteiger partial charge in [0, 0.05) is 52.4 Å². The number of rotatable bonds is 9. The zero-order valence-electron chi connectivity index (χ0n) is 17.9. The normalized spacial score (nSPS) is 18.0. The van der Waals surface area contributed by atoms with Gasteiger partial charge in [0.25, 0.3) is 0 Å². The summed E-state index contributed by atoms with van der Waals surface area (Å²) in [5.41, 5.74) is 3.01. The van der Waals surface area contributed by atoms with E-state index in [2.05, 4.69) is 51.6 Å². The molecule has 7 heteroatoms. The standard InChI is InChI=1S/C22H37N5O.HI/c1-2-23-22(24-10-5-12-26-15-17-28-18-16-26)25-11-6-13-27-14-9-20-7-3-4-8-21(20)19-27;/h3-4,7-8H,2,5-6,9-19H2,1H3,(H2,23,24,25);1H.